The summed E-state index contributed by atoms with van der Waals surface area (Å²) >= 11 is 0. The zero-order valence-corrected chi connectivity index (χ0v) is 17.1. The second-order valence-corrected chi connectivity index (χ2v) is 8.85. The van der Waals surface area contributed by atoms with Crippen molar-refractivity contribution in [3.63, 3.8) is 0 Å². The van der Waals surface area contributed by atoms with Crippen LogP contribution in [0.4, 0.5) is 0 Å². The minimum absolute atomic E-state index is 0.0498. The van der Waals surface area contributed by atoms with Crippen LogP contribution < -0.4 is 20.3 Å². The van der Waals surface area contributed by atoms with Crippen LogP contribution in [0, 0.1) is 0 Å². The summed E-state index contributed by atoms with van der Waals surface area (Å²) in [5.74, 6) is 1.01. The van der Waals surface area contributed by atoms with Crippen LogP contribution in [0.25, 0.3) is 0 Å². The van der Waals surface area contributed by atoms with Gasteiger partial charge in [-0.2, -0.15) is 0 Å². The van der Waals surface area contributed by atoms with Gasteiger partial charge < -0.3 is 19.4 Å². The number of hydrogen-bond acceptors (Lipinski definition) is 6. The molecule has 0 bridgehead atoms. The van der Waals surface area contributed by atoms with Crippen LogP contribution in [0.1, 0.15) is 5.56 Å². The van der Waals surface area contributed by atoms with Crippen molar-refractivity contribution >= 4 is 15.9 Å². The largest absolute Gasteiger partial charge is 0.486 e. The second kappa shape index (κ2) is 8.66. The van der Waals surface area contributed by atoms with Crippen LogP contribution in [0.5, 0.6) is 11.5 Å². The van der Waals surface area contributed by atoms with Crippen LogP contribution >= 0.6 is 0 Å². The fraction of sp³-hybridized carbons (Fsp3) is 0.368. The first-order chi connectivity index (χ1) is 13.8. The molecule has 3 rings (SSSR count). The summed E-state index contributed by atoms with van der Waals surface area (Å²) in [5, 5.41) is 2.74. The lowest BCUT2D eigenvalue weighted by atomic mass is 10.1. The fourth-order valence-corrected chi connectivity index (χ4v) is 3.72. The number of amides is 1. The number of pyridine rings is 1. The number of ether oxygens (including phenoxy) is 2. The summed E-state index contributed by atoms with van der Waals surface area (Å²) in [6.07, 6.45) is 1.75. The number of nitrogens with zero attached hydrogens (tertiary/aromatic N) is 2. The van der Waals surface area contributed by atoms with Gasteiger partial charge in [0.25, 0.3) is 5.56 Å². The summed E-state index contributed by atoms with van der Waals surface area (Å²) in [6, 6.07) is 7.98. The quantitative estimate of drug-likeness (QED) is 0.686. The number of benzene rings is 1. The van der Waals surface area contributed by atoms with Gasteiger partial charge in [0, 0.05) is 32.9 Å². The maximum Gasteiger partial charge on any atom is 0.251 e. The molecule has 0 radical (unpaired) electrons. The van der Waals surface area contributed by atoms with Crippen molar-refractivity contribution < 1.29 is 22.7 Å². The number of carbonyl (C=O) groups is 1. The minimum atomic E-state index is -3.69. The average molecular weight is 421 g/mol. The summed E-state index contributed by atoms with van der Waals surface area (Å²) in [7, 11) is -0.896. The standard InChI is InChI=1S/C19H23N3O6S/c1-21(2)29(25,26)15-4-6-19(24)22(12-15)13-18(23)20-8-7-14-3-5-16-17(11-14)28-10-9-27-16/h3-6,11-12H,7-10,13H2,1-2H3,(H,20,23). The van der Waals surface area contributed by atoms with E-state index in [2.05, 4.69) is 5.32 Å². The van der Waals surface area contributed by atoms with E-state index in [1.54, 1.807) is 0 Å². The maximum atomic E-state index is 12.2. The lowest BCUT2D eigenvalue weighted by Gasteiger charge is -2.18. The Balaban J connectivity index is 1.59. The number of carbonyl (C=O) groups excluding carboxylic acids is 1. The van der Waals surface area contributed by atoms with E-state index in [1.807, 2.05) is 18.2 Å². The van der Waals surface area contributed by atoms with Gasteiger partial charge in [-0.15, -0.1) is 0 Å². The van der Waals surface area contributed by atoms with Gasteiger partial charge >= 0.3 is 0 Å². The van der Waals surface area contributed by atoms with Crippen molar-refractivity contribution in [1.82, 2.24) is 14.2 Å². The zero-order chi connectivity index (χ0) is 21.0. The molecule has 0 atom stereocenters. The topological polar surface area (TPSA) is 107 Å². The Labute approximate surface area is 168 Å². The highest BCUT2D eigenvalue weighted by Crippen LogP contribution is 2.30. The van der Waals surface area contributed by atoms with Crippen LogP contribution in [0.15, 0.2) is 46.2 Å². The van der Waals surface area contributed by atoms with Crippen molar-refractivity contribution in [3.8, 4) is 11.5 Å². The SMILES string of the molecule is CN(C)S(=O)(=O)c1ccc(=O)n(CC(=O)NCCc2ccc3c(c2)OCCO3)c1. The van der Waals surface area contributed by atoms with Gasteiger partial charge in [-0.25, -0.2) is 12.7 Å². The van der Waals surface area contributed by atoms with Crippen molar-refractivity contribution in [3.05, 3.63) is 52.4 Å². The normalized spacial score (nSPS) is 13.3. The van der Waals surface area contributed by atoms with E-state index >= 15 is 0 Å². The molecule has 1 aromatic heterocycles. The molecular formula is C19H23N3O6S. The number of nitrogens with one attached hydrogen (secondary N) is 1. The van der Waals surface area contributed by atoms with Crippen LogP contribution in [-0.2, 0) is 27.8 Å². The Bertz CT molecular complexity index is 1060. The third kappa shape index (κ3) is 4.96. The van der Waals surface area contributed by atoms with E-state index < -0.39 is 15.6 Å². The highest BCUT2D eigenvalue weighted by molar-refractivity contribution is 7.89. The predicted octanol–water partition coefficient (Wildman–Crippen LogP) is 0.229. The summed E-state index contributed by atoms with van der Waals surface area (Å²) in [4.78, 5) is 24.1. The Hall–Kier alpha value is -2.85. The van der Waals surface area contributed by atoms with Gasteiger partial charge in [-0.05, 0) is 30.2 Å². The van der Waals surface area contributed by atoms with Gasteiger partial charge in [0.15, 0.2) is 11.5 Å². The van der Waals surface area contributed by atoms with E-state index in [0.29, 0.717) is 37.7 Å². The molecular weight excluding hydrogens is 398 g/mol. The Morgan fingerprint density at radius 1 is 1.14 bits per heavy atom. The highest BCUT2D eigenvalue weighted by Gasteiger charge is 2.18. The van der Waals surface area contributed by atoms with E-state index in [0.717, 1.165) is 20.5 Å². The molecule has 1 aliphatic rings. The number of hydrogen-bond donors (Lipinski definition) is 1. The summed E-state index contributed by atoms with van der Waals surface area (Å²) < 4.78 is 37.5. The molecule has 9 nitrogen and oxygen atoms in total. The minimum Gasteiger partial charge on any atom is -0.486 e. The maximum absolute atomic E-state index is 12.2. The third-order valence-electron chi connectivity index (χ3n) is 4.39. The average Bonchev–Trinajstić information content (AvgIpc) is 2.69. The molecule has 1 N–H and O–H groups in total. The van der Waals surface area contributed by atoms with Crippen molar-refractivity contribution in [2.75, 3.05) is 33.9 Å². The molecule has 1 amide bonds. The van der Waals surface area contributed by atoms with Crippen molar-refractivity contribution in [1.29, 1.82) is 0 Å². The number of rotatable bonds is 7. The molecule has 1 aromatic carbocycles. The van der Waals surface area contributed by atoms with Crippen LogP contribution in [0.3, 0.4) is 0 Å². The molecule has 0 unspecified atom stereocenters. The summed E-state index contributed by atoms with van der Waals surface area (Å²) in [5.41, 5.74) is 0.524. The third-order valence-corrected chi connectivity index (χ3v) is 6.19. The van der Waals surface area contributed by atoms with Gasteiger partial charge in [0.05, 0.1) is 4.90 Å². The van der Waals surface area contributed by atoms with Crippen molar-refractivity contribution in [2.45, 2.75) is 17.9 Å². The summed E-state index contributed by atoms with van der Waals surface area (Å²) in [6.45, 7) is 1.13. The Morgan fingerprint density at radius 3 is 2.59 bits per heavy atom. The fourth-order valence-electron chi connectivity index (χ4n) is 2.80. The Kier molecular flexibility index (Phi) is 6.23. The first-order valence-corrected chi connectivity index (χ1v) is 10.5. The molecule has 29 heavy (non-hydrogen) atoms. The Morgan fingerprint density at radius 2 is 1.86 bits per heavy atom. The lowest BCUT2D eigenvalue weighted by molar-refractivity contribution is -0.121. The van der Waals surface area contributed by atoms with E-state index in [9.17, 15) is 18.0 Å². The molecule has 1 aliphatic heterocycles. The van der Waals surface area contributed by atoms with Crippen LogP contribution in [0.2, 0.25) is 0 Å². The monoisotopic (exact) mass is 421 g/mol. The van der Waals surface area contributed by atoms with Gasteiger partial charge in [-0.3, -0.25) is 9.59 Å². The van der Waals surface area contributed by atoms with Gasteiger partial charge in [-0.1, -0.05) is 6.07 Å². The van der Waals surface area contributed by atoms with E-state index in [4.69, 9.17) is 9.47 Å². The van der Waals surface area contributed by atoms with Crippen LogP contribution in [-0.4, -0.2) is 57.1 Å². The smallest absolute Gasteiger partial charge is 0.251 e. The molecule has 0 saturated carbocycles. The molecule has 0 saturated heterocycles. The van der Waals surface area contributed by atoms with Gasteiger partial charge in [0.2, 0.25) is 15.9 Å². The number of aromatic nitrogens is 1. The molecule has 10 heteroatoms. The van der Waals surface area contributed by atoms with Gasteiger partial charge in [0.1, 0.15) is 19.8 Å². The molecule has 2 heterocycles. The molecule has 0 aliphatic carbocycles. The van der Waals surface area contributed by atoms with E-state index in [1.165, 1.54) is 26.4 Å². The van der Waals surface area contributed by atoms with Crippen molar-refractivity contribution in [2.24, 2.45) is 0 Å². The molecule has 0 fully saturated rings. The number of fused-ring (bicyclic) bond motifs is 1. The first-order valence-electron chi connectivity index (χ1n) is 9.05. The lowest BCUT2D eigenvalue weighted by Crippen LogP contribution is -2.33. The molecule has 2 aromatic rings. The predicted molar refractivity (Wildman–Crippen MR) is 106 cm³/mol. The number of sulfonamides is 1. The molecule has 0 spiro atoms. The zero-order valence-electron chi connectivity index (χ0n) is 16.3. The molecule has 156 valence electrons. The second-order valence-electron chi connectivity index (χ2n) is 6.70. The first kappa shape index (κ1) is 20.9. The highest BCUT2D eigenvalue weighted by atomic mass is 32.2. The van der Waals surface area contributed by atoms with E-state index in [-0.39, 0.29) is 17.3 Å².